The van der Waals surface area contributed by atoms with Crippen LogP contribution in [0.5, 0.6) is 11.6 Å². The van der Waals surface area contributed by atoms with E-state index in [1.165, 1.54) is 36.4 Å². The van der Waals surface area contributed by atoms with E-state index in [0.29, 0.717) is 20.9 Å². The van der Waals surface area contributed by atoms with Crippen molar-refractivity contribution < 1.29 is 24.0 Å². The Morgan fingerprint density at radius 1 is 0.862 bits per heavy atom. The van der Waals surface area contributed by atoms with Gasteiger partial charge in [0.15, 0.2) is 5.69 Å². The van der Waals surface area contributed by atoms with Gasteiger partial charge in [0, 0.05) is 12.1 Å². The smallest absolute Gasteiger partial charge is 0.382 e. The van der Waals surface area contributed by atoms with Gasteiger partial charge in [0.2, 0.25) is 5.88 Å². The molecular formula is C20H10Cl2N2O5. The van der Waals surface area contributed by atoms with Crippen molar-refractivity contribution in [2.45, 2.75) is 0 Å². The van der Waals surface area contributed by atoms with Gasteiger partial charge < -0.3 is 9.57 Å². The summed E-state index contributed by atoms with van der Waals surface area (Å²) in [7, 11) is 0. The Labute approximate surface area is 174 Å². The molecule has 0 unspecified atom stereocenters. The van der Waals surface area contributed by atoms with Crippen molar-refractivity contribution in [2.75, 3.05) is 0 Å². The van der Waals surface area contributed by atoms with Crippen LogP contribution >= 0.6 is 23.2 Å². The van der Waals surface area contributed by atoms with E-state index in [4.69, 9.17) is 32.8 Å². The molecule has 0 fully saturated rings. The zero-order valence-corrected chi connectivity index (χ0v) is 16.0. The topological polar surface area (TPSA) is 85.8 Å². The summed E-state index contributed by atoms with van der Waals surface area (Å²) in [6.07, 6.45) is 0. The summed E-state index contributed by atoms with van der Waals surface area (Å²) in [5.41, 5.74) is 0.170. The molecule has 0 N–H and O–H groups in total. The zero-order valence-electron chi connectivity index (χ0n) is 14.5. The van der Waals surface area contributed by atoms with Gasteiger partial charge in [-0.15, -0.1) is 0 Å². The number of benzene rings is 2. The third-order valence-electron chi connectivity index (χ3n) is 3.98. The molecule has 2 heterocycles. The maximum Gasteiger partial charge on any atom is 0.382 e. The van der Waals surface area contributed by atoms with Gasteiger partial charge in [-0.25, -0.2) is 9.78 Å². The van der Waals surface area contributed by atoms with Crippen LogP contribution in [0.1, 0.15) is 31.2 Å². The van der Waals surface area contributed by atoms with Gasteiger partial charge in [-0.2, -0.15) is 0 Å². The van der Waals surface area contributed by atoms with Gasteiger partial charge in [-0.3, -0.25) is 9.59 Å². The minimum absolute atomic E-state index is 0.0835. The van der Waals surface area contributed by atoms with Crippen LogP contribution < -0.4 is 4.74 Å². The SMILES string of the molecule is O=C(ON1C(=O)c2ccccc2C1=O)c1cccc(Oc2ccc(Cl)c(Cl)c2)n1. The molecular weight excluding hydrogens is 419 g/mol. The quantitative estimate of drug-likeness (QED) is 0.566. The minimum Gasteiger partial charge on any atom is -0.439 e. The van der Waals surface area contributed by atoms with Gasteiger partial charge in [-0.1, -0.05) is 46.5 Å². The molecule has 7 nitrogen and oxygen atoms in total. The Bertz CT molecular complexity index is 1130. The number of halogens is 2. The van der Waals surface area contributed by atoms with Crippen LogP contribution in [0.25, 0.3) is 0 Å². The Morgan fingerprint density at radius 2 is 1.55 bits per heavy atom. The number of pyridine rings is 1. The van der Waals surface area contributed by atoms with Crippen LogP contribution in [-0.4, -0.2) is 27.8 Å². The molecule has 0 saturated heterocycles. The molecule has 9 heteroatoms. The lowest BCUT2D eigenvalue weighted by Crippen LogP contribution is -2.32. The molecule has 0 aliphatic carbocycles. The third kappa shape index (κ3) is 3.65. The first-order valence-electron chi connectivity index (χ1n) is 8.24. The zero-order chi connectivity index (χ0) is 20.5. The predicted molar refractivity (Wildman–Crippen MR) is 103 cm³/mol. The molecule has 0 bridgehead atoms. The fraction of sp³-hybridized carbons (Fsp3) is 0. The van der Waals surface area contributed by atoms with E-state index in [9.17, 15) is 14.4 Å². The highest BCUT2D eigenvalue weighted by Crippen LogP contribution is 2.29. The molecule has 2 aromatic carbocycles. The average Bonchev–Trinajstić information content (AvgIpc) is 2.96. The number of fused-ring (bicyclic) bond motifs is 1. The molecule has 1 aliphatic heterocycles. The maximum atomic E-state index is 12.4. The Hall–Kier alpha value is -3.42. The predicted octanol–water partition coefficient (Wildman–Crippen LogP) is 4.55. The Balaban J connectivity index is 1.51. The number of hydrogen-bond donors (Lipinski definition) is 0. The average molecular weight is 429 g/mol. The molecule has 0 spiro atoms. The molecule has 2 amide bonds. The standard InChI is InChI=1S/C20H10Cl2N2O5/c21-14-9-8-11(10-15(14)22)28-17-7-3-6-16(23-17)20(27)29-24-18(25)12-4-1-2-5-13(12)19(24)26/h1-10H. The number of hydroxylamine groups is 2. The largest absolute Gasteiger partial charge is 0.439 e. The van der Waals surface area contributed by atoms with Crippen molar-refractivity contribution >= 4 is 41.0 Å². The second-order valence-corrected chi connectivity index (χ2v) is 6.68. The monoisotopic (exact) mass is 428 g/mol. The first-order chi connectivity index (χ1) is 13.9. The van der Waals surface area contributed by atoms with Crippen LogP contribution in [-0.2, 0) is 4.84 Å². The molecule has 0 radical (unpaired) electrons. The highest BCUT2D eigenvalue weighted by atomic mass is 35.5. The van der Waals surface area contributed by atoms with E-state index in [2.05, 4.69) is 4.98 Å². The Kier molecular flexibility index (Phi) is 4.92. The number of carbonyl (C=O) groups excluding carboxylic acids is 3. The molecule has 0 saturated carbocycles. The van der Waals surface area contributed by atoms with E-state index < -0.39 is 17.8 Å². The summed E-state index contributed by atoms with van der Waals surface area (Å²) in [6, 6.07) is 15.2. The number of carbonyl (C=O) groups is 3. The lowest BCUT2D eigenvalue weighted by molar-refractivity contribution is -0.0588. The first-order valence-corrected chi connectivity index (χ1v) is 9.00. The summed E-state index contributed by atoms with van der Waals surface area (Å²) >= 11 is 11.8. The second-order valence-electron chi connectivity index (χ2n) is 5.87. The van der Waals surface area contributed by atoms with Crippen molar-refractivity contribution in [2.24, 2.45) is 0 Å². The highest BCUT2D eigenvalue weighted by molar-refractivity contribution is 6.42. The number of aromatic nitrogens is 1. The Morgan fingerprint density at radius 3 is 2.21 bits per heavy atom. The van der Waals surface area contributed by atoms with Gasteiger partial charge in [0.25, 0.3) is 11.8 Å². The number of ether oxygens (including phenoxy) is 1. The summed E-state index contributed by atoms with van der Waals surface area (Å²) in [5, 5.41) is 1.08. The van der Waals surface area contributed by atoms with Crippen molar-refractivity contribution in [3.63, 3.8) is 0 Å². The van der Waals surface area contributed by atoms with Crippen molar-refractivity contribution in [3.8, 4) is 11.6 Å². The molecule has 3 aromatic rings. The fourth-order valence-corrected chi connectivity index (χ4v) is 2.91. The number of hydrogen-bond acceptors (Lipinski definition) is 6. The maximum absolute atomic E-state index is 12.4. The molecule has 1 aromatic heterocycles. The second kappa shape index (κ2) is 7.54. The molecule has 1 aliphatic rings. The van der Waals surface area contributed by atoms with Gasteiger partial charge in [0.05, 0.1) is 21.2 Å². The number of nitrogens with zero attached hydrogens (tertiary/aromatic N) is 2. The van der Waals surface area contributed by atoms with E-state index in [1.54, 1.807) is 24.3 Å². The lowest BCUT2D eigenvalue weighted by Gasteiger charge is -2.12. The van der Waals surface area contributed by atoms with Crippen molar-refractivity contribution in [1.29, 1.82) is 0 Å². The summed E-state index contributed by atoms with van der Waals surface area (Å²) in [4.78, 5) is 46.0. The third-order valence-corrected chi connectivity index (χ3v) is 4.72. The van der Waals surface area contributed by atoms with Crippen molar-refractivity contribution in [1.82, 2.24) is 10.0 Å². The summed E-state index contributed by atoms with van der Waals surface area (Å²) in [5.74, 6) is -1.98. The van der Waals surface area contributed by atoms with E-state index in [1.807, 2.05) is 0 Å². The van der Waals surface area contributed by atoms with Crippen molar-refractivity contribution in [3.05, 3.63) is 87.5 Å². The molecule has 4 rings (SSSR count). The van der Waals surface area contributed by atoms with E-state index in [-0.39, 0.29) is 22.7 Å². The van der Waals surface area contributed by atoms with Gasteiger partial charge in [0.1, 0.15) is 5.75 Å². The highest BCUT2D eigenvalue weighted by Gasteiger charge is 2.39. The summed E-state index contributed by atoms with van der Waals surface area (Å²) in [6.45, 7) is 0. The lowest BCUT2D eigenvalue weighted by atomic mass is 10.1. The van der Waals surface area contributed by atoms with E-state index >= 15 is 0 Å². The number of amides is 2. The van der Waals surface area contributed by atoms with Crippen LogP contribution in [0.15, 0.2) is 60.7 Å². The minimum atomic E-state index is -0.987. The fourth-order valence-electron chi connectivity index (χ4n) is 2.63. The molecule has 29 heavy (non-hydrogen) atoms. The number of imide groups is 1. The van der Waals surface area contributed by atoms with Crippen LogP contribution in [0.2, 0.25) is 10.0 Å². The van der Waals surface area contributed by atoms with Crippen LogP contribution in [0, 0.1) is 0 Å². The van der Waals surface area contributed by atoms with Crippen LogP contribution in [0.4, 0.5) is 0 Å². The van der Waals surface area contributed by atoms with Crippen LogP contribution in [0.3, 0.4) is 0 Å². The summed E-state index contributed by atoms with van der Waals surface area (Å²) < 4.78 is 5.56. The van der Waals surface area contributed by atoms with Gasteiger partial charge >= 0.3 is 5.97 Å². The molecule has 0 atom stereocenters. The van der Waals surface area contributed by atoms with Gasteiger partial charge in [-0.05, 0) is 30.3 Å². The molecule has 144 valence electrons. The normalized spacial score (nSPS) is 12.7. The first kappa shape index (κ1) is 18.9. The number of rotatable bonds is 4. The van der Waals surface area contributed by atoms with E-state index in [0.717, 1.165) is 0 Å².